The third-order valence-corrected chi connectivity index (χ3v) is 3.38. The number of hydrogen-bond acceptors (Lipinski definition) is 3. The lowest BCUT2D eigenvalue weighted by Crippen LogP contribution is -2.25. The minimum absolute atomic E-state index is 0.137. The monoisotopic (exact) mass is 269 g/mol. The van der Waals surface area contributed by atoms with Crippen molar-refractivity contribution in [1.29, 1.82) is 0 Å². The molecule has 0 aliphatic carbocycles. The van der Waals surface area contributed by atoms with Crippen LogP contribution >= 0.6 is 15.9 Å². The van der Waals surface area contributed by atoms with Gasteiger partial charge in [0, 0.05) is 18.3 Å². The van der Waals surface area contributed by atoms with Gasteiger partial charge in [0.2, 0.25) is 5.91 Å². The summed E-state index contributed by atoms with van der Waals surface area (Å²) in [5.41, 5.74) is 0.863. The Kier molecular flexibility index (Phi) is 3.00. The maximum Gasteiger partial charge on any atom is 0.228 e. The van der Waals surface area contributed by atoms with E-state index in [1.807, 2.05) is 6.92 Å². The fourth-order valence-electron chi connectivity index (χ4n) is 1.63. The topological polar surface area (TPSA) is 46.1 Å². The van der Waals surface area contributed by atoms with Crippen molar-refractivity contribution in [3.63, 3.8) is 0 Å². The van der Waals surface area contributed by atoms with Gasteiger partial charge in [-0.2, -0.15) is 0 Å². The van der Waals surface area contributed by atoms with E-state index in [0.29, 0.717) is 18.2 Å². The number of halogens is 1. The van der Waals surface area contributed by atoms with Gasteiger partial charge in [-0.05, 0) is 12.8 Å². The van der Waals surface area contributed by atoms with Crippen molar-refractivity contribution in [2.75, 3.05) is 16.8 Å². The smallest absolute Gasteiger partial charge is 0.228 e. The third-order valence-electron chi connectivity index (χ3n) is 2.47. The molecule has 0 spiro atoms. The molecule has 1 amide bonds. The minimum atomic E-state index is 0.137. The lowest BCUT2D eigenvalue weighted by Gasteiger charge is -2.14. The molecule has 1 aromatic rings. The largest absolute Gasteiger partial charge is 0.295 e. The zero-order valence-corrected chi connectivity index (χ0v) is 10.1. The first-order valence-electron chi connectivity index (χ1n) is 4.85. The highest BCUT2D eigenvalue weighted by molar-refractivity contribution is 9.09. The van der Waals surface area contributed by atoms with Gasteiger partial charge in [0.15, 0.2) is 5.82 Å². The molecule has 0 radical (unpaired) electrons. The molecular formula is C10H12BrN3O. The van der Waals surface area contributed by atoms with Crippen molar-refractivity contribution in [1.82, 2.24) is 9.97 Å². The van der Waals surface area contributed by atoms with Gasteiger partial charge in [-0.25, -0.2) is 4.98 Å². The van der Waals surface area contributed by atoms with Crippen LogP contribution in [0.3, 0.4) is 0 Å². The van der Waals surface area contributed by atoms with Gasteiger partial charge in [-0.3, -0.25) is 14.7 Å². The normalized spacial score (nSPS) is 21.1. The van der Waals surface area contributed by atoms with Crippen LogP contribution in [0.4, 0.5) is 5.82 Å². The van der Waals surface area contributed by atoms with Gasteiger partial charge in [0.25, 0.3) is 0 Å². The van der Waals surface area contributed by atoms with Crippen LogP contribution < -0.4 is 4.90 Å². The van der Waals surface area contributed by atoms with Crippen LogP contribution in [0.25, 0.3) is 0 Å². The van der Waals surface area contributed by atoms with Gasteiger partial charge in [0.05, 0.1) is 18.1 Å². The van der Waals surface area contributed by atoms with Crippen LogP contribution in [0.15, 0.2) is 12.4 Å². The van der Waals surface area contributed by atoms with E-state index in [-0.39, 0.29) is 5.91 Å². The van der Waals surface area contributed by atoms with E-state index in [0.717, 1.165) is 17.6 Å². The number of carbonyl (C=O) groups is 1. The lowest BCUT2D eigenvalue weighted by atomic mass is 10.2. The average molecular weight is 270 g/mol. The molecule has 5 heteroatoms. The molecule has 1 aliphatic heterocycles. The molecule has 0 bridgehead atoms. The maximum atomic E-state index is 11.7. The molecule has 2 heterocycles. The fraction of sp³-hybridized carbons (Fsp3) is 0.500. The van der Waals surface area contributed by atoms with Crippen molar-refractivity contribution in [2.45, 2.75) is 13.3 Å². The van der Waals surface area contributed by atoms with E-state index in [1.54, 1.807) is 17.3 Å². The zero-order valence-electron chi connectivity index (χ0n) is 8.48. The predicted molar refractivity (Wildman–Crippen MR) is 61.0 cm³/mol. The number of aromatic nitrogens is 2. The summed E-state index contributed by atoms with van der Waals surface area (Å²) in [6.45, 7) is 2.62. The molecule has 1 atom stereocenters. The summed E-state index contributed by atoms with van der Waals surface area (Å²) < 4.78 is 0. The number of amides is 1. The Bertz CT molecular complexity index is 365. The molecule has 0 N–H and O–H groups in total. The lowest BCUT2D eigenvalue weighted by molar-refractivity contribution is -0.117. The number of nitrogens with zero attached hydrogens (tertiary/aromatic N) is 3. The highest BCUT2D eigenvalue weighted by Gasteiger charge is 2.30. The summed E-state index contributed by atoms with van der Waals surface area (Å²) in [4.78, 5) is 21.7. The number of alkyl halides is 1. The molecule has 4 nitrogen and oxygen atoms in total. The highest BCUT2D eigenvalue weighted by Crippen LogP contribution is 2.23. The van der Waals surface area contributed by atoms with E-state index >= 15 is 0 Å². The molecule has 0 aromatic carbocycles. The molecule has 1 saturated heterocycles. The first-order valence-corrected chi connectivity index (χ1v) is 5.98. The van der Waals surface area contributed by atoms with E-state index in [9.17, 15) is 4.79 Å². The van der Waals surface area contributed by atoms with E-state index < -0.39 is 0 Å². The van der Waals surface area contributed by atoms with Crippen molar-refractivity contribution in [2.24, 2.45) is 5.92 Å². The Hall–Kier alpha value is -0.970. The summed E-state index contributed by atoms with van der Waals surface area (Å²) in [5, 5.41) is 0.856. The molecule has 0 saturated carbocycles. The van der Waals surface area contributed by atoms with Crippen molar-refractivity contribution in [3.8, 4) is 0 Å². The zero-order chi connectivity index (χ0) is 10.8. The first kappa shape index (κ1) is 10.5. The SMILES string of the molecule is Cc1cnc(N2CC(CBr)CC2=O)cn1. The number of rotatable bonds is 2. The van der Waals surface area contributed by atoms with Crippen LogP contribution in [0, 0.1) is 12.8 Å². The number of hydrogen-bond donors (Lipinski definition) is 0. The van der Waals surface area contributed by atoms with Crippen LogP contribution in [0.5, 0.6) is 0 Å². The van der Waals surface area contributed by atoms with Crippen LogP contribution in [-0.4, -0.2) is 27.7 Å². The van der Waals surface area contributed by atoms with E-state index in [1.165, 1.54) is 0 Å². The molecule has 1 aromatic heterocycles. The Labute approximate surface area is 96.8 Å². The first-order chi connectivity index (χ1) is 7.20. The summed E-state index contributed by atoms with van der Waals surface area (Å²) in [6.07, 6.45) is 3.94. The number of carbonyl (C=O) groups excluding carboxylic acids is 1. The third kappa shape index (κ3) is 2.17. The molecule has 1 fully saturated rings. The fourth-order valence-corrected chi connectivity index (χ4v) is 2.07. The second-order valence-electron chi connectivity index (χ2n) is 3.74. The average Bonchev–Trinajstić information content (AvgIpc) is 2.61. The predicted octanol–water partition coefficient (Wildman–Crippen LogP) is 1.53. The van der Waals surface area contributed by atoms with Crippen molar-refractivity contribution in [3.05, 3.63) is 18.1 Å². The molecule has 2 rings (SSSR count). The molecule has 15 heavy (non-hydrogen) atoms. The highest BCUT2D eigenvalue weighted by atomic mass is 79.9. The molecule has 1 aliphatic rings. The molecule has 1 unspecified atom stereocenters. The van der Waals surface area contributed by atoms with E-state index in [4.69, 9.17) is 0 Å². The van der Waals surface area contributed by atoms with Gasteiger partial charge in [-0.1, -0.05) is 15.9 Å². The molecule has 80 valence electrons. The van der Waals surface area contributed by atoms with Crippen LogP contribution in [0.1, 0.15) is 12.1 Å². The second kappa shape index (κ2) is 4.26. The van der Waals surface area contributed by atoms with Gasteiger partial charge < -0.3 is 0 Å². The Morgan fingerprint density at radius 1 is 1.53 bits per heavy atom. The Morgan fingerprint density at radius 3 is 2.87 bits per heavy atom. The Balaban J connectivity index is 2.18. The van der Waals surface area contributed by atoms with Gasteiger partial charge in [0.1, 0.15) is 0 Å². The van der Waals surface area contributed by atoms with Crippen LogP contribution in [0.2, 0.25) is 0 Å². The summed E-state index contributed by atoms with van der Waals surface area (Å²) in [6, 6.07) is 0. The molecular weight excluding hydrogens is 258 g/mol. The van der Waals surface area contributed by atoms with E-state index in [2.05, 4.69) is 25.9 Å². The standard InChI is InChI=1S/C10H12BrN3O/c1-7-4-13-9(5-12-7)14-6-8(3-11)2-10(14)15/h4-5,8H,2-3,6H2,1H3. The quantitative estimate of drug-likeness (QED) is 0.766. The van der Waals surface area contributed by atoms with Crippen molar-refractivity contribution >= 4 is 27.7 Å². The number of anilines is 1. The summed E-state index contributed by atoms with van der Waals surface area (Å²) in [7, 11) is 0. The van der Waals surface area contributed by atoms with Crippen LogP contribution in [-0.2, 0) is 4.79 Å². The second-order valence-corrected chi connectivity index (χ2v) is 4.39. The summed E-state index contributed by atoms with van der Waals surface area (Å²) >= 11 is 3.40. The minimum Gasteiger partial charge on any atom is -0.295 e. The summed E-state index contributed by atoms with van der Waals surface area (Å²) in [5.74, 6) is 1.19. The van der Waals surface area contributed by atoms with Gasteiger partial charge >= 0.3 is 0 Å². The maximum absolute atomic E-state index is 11.7. The Morgan fingerprint density at radius 2 is 2.33 bits per heavy atom. The number of aryl methyl sites for hydroxylation is 1. The van der Waals surface area contributed by atoms with Gasteiger partial charge in [-0.15, -0.1) is 0 Å². The van der Waals surface area contributed by atoms with Crippen molar-refractivity contribution < 1.29 is 4.79 Å².